The smallest absolute Gasteiger partial charge is 0.251 e. The van der Waals surface area contributed by atoms with Gasteiger partial charge in [-0.1, -0.05) is 0 Å². The van der Waals surface area contributed by atoms with E-state index in [-0.39, 0.29) is 18.1 Å². The highest BCUT2D eigenvalue weighted by Crippen LogP contribution is 2.21. The summed E-state index contributed by atoms with van der Waals surface area (Å²) in [5.41, 5.74) is 8.01. The minimum Gasteiger partial charge on any atom is -0.397 e. The van der Waals surface area contributed by atoms with E-state index in [9.17, 15) is 4.79 Å². The van der Waals surface area contributed by atoms with Crippen molar-refractivity contribution in [1.29, 1.82) is 0 Å². The second-order valence-corrected chi connectivity index (χ2v) is 5.45. The topological polar surface area (TPSA) is 76.4 Å². The van der Waals surface area contributed by atoms with Gasteiger partial charge >= 0.3 is 0 Å². The maximum Gasteiger partial charge on any atom is 0.251 e. The molecule has 1 aliphatic rings. The first-order chi connectivity index (χ1) is 9.56. The molecular weight excluding hydrogens is 254 g/mol. The van der Waals surface area contributed by atoms with Crippen molar-refractivity contribution in [2.75, 3.05) is 24.2 Å². The first-order valence-electron chi connectivity index (χ1n) is 7.12. The third-order valence-corrected chi connectivity index (χ3v) is 3.28. The molecule has 4 N–H and O–H groups in total. The lowest BCUT2D eigenvalue weighted by atomic mass is 10.1. The van der Waals surface area contributed by atoms with E-state index in [4.69, 9.17) is 10.5 Å². The van der Waals surface area contributed by atoms with Gasteiger partial charge in [-0.3, -0.25) is 4.79 Å². The number of nitrogens with two attached hydrogens (primary N) is 1. The quantitative estimate of drug-likeness (QED) is 0.719. The van der Waals surface area contributed by atoms with Crippen LogP contribution in [0.5, 0.6) is 0 Å². The van der Waals surface area contributed by atoms with Gasteiger partial charge in [-0.15, -0.1) is 0 Å². The van der Waals surface area contributed by atoms with Gasteiger partial charge in [0, 0.05) is 24.8 Å². The van der Waals surface area contributed by atoms with Crippen LogP contribution in [-0.2, 0) is 4.74 Å². The highest BCUT2D eigenvalue weighted by molar-refractivity contribution is 5.96. The SMILES string of the molecule is CC(C)NC(=O)c1ccc(NC[C@H]2CCCO2)c(N)c1. The number of anilines is 2. The minimum atomic E-state index is -0.0997. The highest BCUT2D eigenvalue weighted by Gasteiger charge is 2.15. The van der Waals surface area contributed by atoms with Crippen molar-refractivity contribution in [3.8, 4) is 0 Å². The zero-order valence-electron chi connectivity index (χ0n) is 12.1. The maximum atomic E-state index is 11.9. The maximum absolute atomic E-state index is 11.9. The molecule has 1 aromatic carbocycles. The van der Waals surface area contributed by atoms with Gasteiger partial charge in [-0.2, -0.15) is 0 Å². The van der Waals surface area contributed by atoms with E-state index in [0.29, 0.717) is 11.3 Å². The number of rotatable bonds is 5. The number of hydrogen-bond acceptors (Lipinski definition) is 4. The number of ether oxygens (including phenoxy) is 1. The van der Waals surface area contributed by atoms with Crippen LogP contribution in [0.3, 0.4) is 0 Å². The summed E-state index contributed by atoms with van der Waals surface area (Å²) in [6, 6.07) is 5.45. The second-order valence-electron chi connectivity index (χ2n) is 5.45. The van der Waals surface area contributed by atoms with Crippen LogP contribution in [-0.4, -0.2) is 31.2 Å². The minimum absolute atomic E-state index is 0.0997. The van der Waals surface area contributed by atoms with E-state index < -0.39 is 0 Å². The largest absolute Gasteiger partial charge is 0.397 e. The van der Waals surface area contributed by atoms with Crippen molar-refractivity contribution in [3.63, 3.8) is 0 Å². The second kappa shape index (κ2) is 6.61. The van der Waals surface area contributed by atoms with E-state index in [1.807, 2.05) is 19.9 Å². The van der Waals surface area contributed by atoms with Gasteiger partial charge in [0.2, 0.25) is 0 Å². The normalized spacial score (nSPS) is 18.2. The van der Waals surface area contributed by atoms with Crippen LogP contribution >= 0.6 is 0 Å². The lowest BCUT2D eigenvalue weighted by Crippen LogP contribution is -2.30. The Morgan fingerprint density at radius 3 is 2.90 bits per heavy atom. The van der Waals surface area contributed by atoms with Crippen molar-refractivity contribution in [1.82, 2.24) is 5.32 Å². The van der Waals surface area contributed by atoms with Crippen LogP contribution in [0, 0.1) is 0 Å². The average molecular weight is 277 g/mol. The van der Waals surface area contributed by atoms with Crippen molar-refractivity contribution in [2.45, 2.75) is 38.8 Å². The molecule has 1 aliphatic heterocycles. The van der Waals surface area contributed by atoms with Gasteiger partial charge in [0.1, 0.15) is 0 Å². The van der Waals surface area contributed by atoms with E-state index in [0.717, 1.165) is 31.7 Å². The fourth-order valence-corrected chi connectivity index (χ4v) is 2.24. The van der Waals surface area contributed by atoms with Crippen LogP contribution in [0.25, 0.3) is 0 Å². The van der Waals surface area contributed by atoms with Gasteiger partial charge in [0.15, 0.2) is 0 Å². The summed E-state index contributed by atoms with van der Waals surface area (Å²) < 4.78 is 5.55. The number of hydrogen-bond donors (Lipinski definition) is 3. The third-order valence-electron chi connectivity index (χ3n) is 3.28. The van der Waals surface area contributed by atoms with Gasteiger partial charge in [-0.05, 0) is 44.9 Å². The molecule has 0 spiro atoms. The zero-order valence-corrected chi connectivity index (χ0v) is 12.1. The Bertz CT molecular complexity index is 468. The first-order valence-corrected chi connectivity index (χ1v) is 7.12. The molecule has 2 rings (SSSR count). The van der Waals surface area contributed by atoms with Gasteiger partial charge in [0.05, 0.1) is 17.5 Å². The van der Waals surface area contributed by atoms with E-state index >= 15 is 0 Å². The molecule has 0 bridgehead atoms. The monoisotopic (exact) mass is 277 g/mol. The van der Waals surface area contributed by atoms with Crippen molar-refractivity contribution < 1.29 is 9.53 Å². The lowest BCUT2D eigenvalue weighted by molar-refractivity contribution is 0.0943. The Labute approximate surface area is 119 Å². The lowest BCUT2D eigenvalue weighted by Gasteiger charge is -2.15. The summed E-state index contributed by atoms with van der Waals surface area (Å²) in [4.78, 5) is 11.9. The molecule has 110 valence electrons. The number of carbonyl (C=O) groups excluding carboxylic acids is 1. The molecule has 5 heteroatoms. The summed E-state index contributed by atoms with van der Waals surface area (Å²) in [6.45, 7) is 5.45. The highest BCUT2D eigenvalue weighted by atomic mass is 16.5. The molecule has 0 aliphatic carbocycles. The van der Waals surface area contributed by atoms with Gasteiger partial charge in [0.25, 0.3) is 5.91 Å². The van der Waals surface area contributed by atoms with Gasteiger partial charge < -0.3 is 21.1 Å². The van der Waals surface area contributed by atoms with E-state index in [1.165, 1.54) is 0 Å². The standard InChI is InChI=1S/C15H23N3O2/c1-10(2)18-15(19)11-5-6-14(13(16)8-11)17-9-12-4-3-7-20-12/h5-6,8,10,12,17H,3-4,7,9,16H2,1-2H3,(H,18,19)/t12-/m1/s1. The van der Waals surface area contributed by atoms with Crippen LogP contribution in [0.2, 0.25) is 0 Å². The van der Waals surface area contributed by atoms with Crippen LogP contribution in [0.1, 0.15) is 37.0 Å². The molecule has 5 nitrogen and oxygen atoms in total. The van der Waals surface area contributed by atoms with Crippen molar-refractivity contribution >= 4 is 17.3 Å². The molecule has 0 radical (unpaired) electrons. The predicted octanol–water partition coefficient (Wildman–Crippen LogP) is 2.00. The predicted molar refractivity (Wildman–Crippen MR) is 80.9 cm³/mol. The molecule has 20 heavy (non-hydrogen) atoms. The molecule has 1 amide bonds. The molecule has 1 aromatic rings. The van der Waals surface area contributed by atoms with Crippen molar-refractivity contribution in [3.05, 3.63) is 23.8 Å². The molecular formula is C15H23N3O2. The number of benzene rings is 1. The van der Waals surface area contributed by atoms with E-state index in [1.54, 1.807) is 12.1 Å². The number of nitrogens with one attached hydrogen (secondary N) is 2. The molecule has 0 aromatic heterocycles. The molecule has 1 fully saturated rings. The molecule has 0 unspecified atom stereocenters. The first kappa shape index (κ1) is 14.7. The van der Waals surface area contributed by atoms with Crippen LogP contribution < -0.4 is 16.4 Å². The van der Waals surface area contributed by atoms with Crippen LogP contribution in [0.4, 0.5) is 11.4 Å². The summed E-state index contributed by atoms with van der Waals surface area (Å²) in [5.74, 6) is -0.0997. The zero-order chi connectivity index (χ0) is 14.5. The number of nitrogen functional groups attached to an aromatic ring is 1. The average Bonchev–Trinajstić information content (AvgIpc) is 2.89. The molecule has 1 atom stereocenters. The summed E-state index contributed by atoms with van der Waals surface area (Å²) >= 11 is 0. The Balaban J connectivity index is 1.96. The summed E-state index contributed by atoms with van der Waals surface area (Å²) in [5, 5.41) is 6.13. The van der Waals surface area contributed by atoms with Gasteiger partial charge in [-0.25, -0.2) is 0 Å². The Hall–Kier alpha value is -1.75. The summed E-state index contributed by atoms with van der Waals surface area (Å²) in [6.07, 6.45) is 2.47. The van der Waals surface area contributed by atoms with Crippen molar-refractivity contribution in [2.24, 2.45) is 0 Å². The summed E-state index contributed by atoms with van der Waals surface area (Å²) in [7, 11) is 0. The molecule has 1 saturated heterocycles. The molecule has 0 saturated carbocycles. The van der Waals surface area contributed by atoms with E-state index in [2.05, 4.69) is 10.6 Å². The Kier molecular flexibility index (Phi) is 4.84. The fraction of sp³-hybridized carbons (Fsp3) is 0.533. The fourth-order valence-electron chi connectivity index (χ4n) is 2.24. The van der Waals surface area contributed by atoms with Crippen LogP contribution in [0.15, 0.2) is 18.2 Å². The Morgan fingerprint density at radius 2 is 2.30 bits per heavy atom. The number of carbonyl (C=O) groups is 1. The molecule has 1 heterocycles. The third kappa shape index (κ3) is 3.87. The Morgan fingerprint density at radius 1 is 1.50 bits per heavy atom. The number of amides is 1.